The minimum Gasteiger partial charge on any atom is -0.349 e. The van der Waals surface area contributed by atoms with Crippen LogP contribution >= 0.6 is 12.4 Å². The van der Waals surface area contributed by atoms with E-state index in [1.54, 1.807) is 4.90 Å². The summed E-state index contributed by atoms with van der Waals surface area (Å²) in [4.78, 5) is 13.2. The number of nitrogens with zero attached hydrogens (tertiary/aromatic N) is 1. The zero-order chi connectivity index (χ0) is 9.14. The number of rotatable bonds is 1. The van der Waals surface area contributed by atoms with Gasteiger partial charge < -0.3 is 10.6 Å². The van der Waals surface area contributed by atoms with Crippen molar-refractivity contribution >= 4 is 18.3 Å². The number of hydrogen-bond acceptors (Lipinski definition) is 2. The first-order valence-electron chi connectivity index (χ1n) is 4.58. The molecule has 78 valence electrons. The molecule has 0 aromatic rings. The van der Waals surface area contributed by atoms with Gasteiger partial charge in [-0.3, -0.25) is 4.79 Å². The molecule has 1 aliphatic carbocycles. The van der Waals surface area contributed by atoms with Gasteiger partial charge in [0, 0.05) is 26.1 Å². The van der Waals surface area contributed by atoms with Gasteiger partial charge in [0.1, 0.15) is 0 Å². The molecular weight excluding hydrogens is 188 g/mol. The van der Waals surface area contributed by atoms with Crippen molar-refractivity contribution in [2.45, 2.75) is 31.7 Å². The summed E-state index contributed by atoms with van der Waals surface area (Å²) in [6, 6.07) is 0.330. The molecule has 1 saturated carbocycles. The Morgan fingerprint density at radius 1 is 1.23 bits per heavy atom. The summed E-state index contributed by atoms with van der Waals surface area (Å²) in [7, 11) is 3.63. The van der Waals surface area contributed by atoms with E-state index in [9.17, 15) is 4.79 Å². The molecule has 0 radical (unpaired) electrons. The van der Waals surface area contributed by atoms with E-state index >= 15 is 0 Å². The minimum atomic E-state index is 0. The van der Waals surface area contributed by atoms with Crippen molar-refractivity contribution < 1.29 is 4.79 Å². The van der Waals surface area contributed by atoms with Crippen LogP contribution in [0.3, 0.4) is 0 Å². The predicted molar refractivity (Wildman–Crippen MR) is 55.9 cm³/mol. The second kappa shape index (κ2) is 5.45. The number of nitrogens with two attached hydrogens (primary N) is 1. The fourth-order valence-electron chi connectivity index (χ4n) is 1.73. The van der Waals surface area contributed by atoms with Crippen LogP contribution in [0.2, 0.25) is 0 Å². The van der Waals surface area contributed by atoms with Gasteiger partial charge in [-0.05, 0) is 25.7 Å². The standard InChI is InChI=1S/C9H18N2O.ClH/c1-11(2)9(12)7-3-5-8(10)6-4-7;/h7-8H,3-6,10H2,1-2H3;1H/t7-,8-;. The quantitative estimate of drug-likeness (QED) is 0.696. The maximum absolute atomic E-state index is 11.5. The van der Waals surface area contributed by atoms with Crippen molar-refractivity contribution in [3.8, 4) is 0 Å². The summed E-state index contributed by atoms with van der Waals surface area (Å²) in [6.45, 7) is 0. The van der Waals surface area contributed by atoms with Gasteiger partial charge in [-0.15, -0.1) is 12.4 Å². The first kappa shape index (κ1) is 12.7. The summed E-state index contributed by atoms with van der Waals surface area (Å²) in [5.74, 6) is 0.502. The lowest BCUT2D eigenvalue weighted by Gasteiger charge is -2.27. The van der Waals surface area contributed by atoms with Gasteiger partial charge in [0.15, 0.2) is 0 Å². The van der Waals surface area contributed by atoms with E-state index < -0.39 is 0 Å². The van der Waals surface area contributed by atoms with Crippen LogP contribution in [0.15, 0.2) is 0 Å². The van der Waals surface area contributed by atoms with E-state index in [1.165, 1.54) is 0 Å². The molecule has 3 nitrogen and oxygen atoms in total. The monoisotopic (exact) mass is 206 g/mol. The van der Waals surface area contributed by atoms with Gasteiger partial charge in [-0.2, -0.15) is 0 Å². The Labute approximate surface area is 86.1 Å². The lowest BCUT2D eigenvalue weighted by molar-refractivity contribution is -0.134. The molecule has 1 rings (SSSR count). The van der Waals surface area contributed by atoms with Crippen LogP contribution < -0.4 is 5.73 Å². The molecule has 4 heteroatoms. The molecule has 0 heterocycles. The van der Waals surface area contributed by atoms with Crippen LogP contribution in [0, 0.1) is 5.92 Å². The van der Waals surface area contributed by atoms with Crippen molar-refractivity contribution in [3.63, 3.8) is 0 Å². The second-order valence-electron chi connectivity index (χ2n) is 3.84. The van der Waals surface area contributed by atoms with E-state index in [-0.39, 0.29) is 24.2 Å². The van der Waals surface area contributed by atoms with Crippen LogP contribution in [0.1, 0.15) is 25.7 Å². The molecular formula is C9H19ClN2O. The zero-order valence-corrected chi connectivity index (χ0v) is 9.14. The van der Waals surface area contributed by atoms with Gasteiger partial charge in [0.2, 0.25) is 5.91 Å². The molecule has 0 spiro atoms. The summed E-state index contributed by atoms with van der Waals surface area (Å²) in [5.41, 5.74) is 5.75. The highest BCUT2D eigenvalue weighted by Crippen LogP contribution is 2.24. The van der Waals surface area contributed by atoms with Gasteiger partial charge in [0.05, 0.1) is 0 Å². The highest BCUT2D eigenvalue weighted by Gasteiger charge is 2.25. The Morgan fingerprint density at radius 2 is 1.69 bits per heavy atom. The molecule has 1 aliphatic rings. The summed E-state index contributed by atoms with van der Waals surface area (Å²) >= 11 is 0. The van der Waals surface area contributed by atoms with Crippen LogP contribution in [0.5, 0.6) is 0 Å². The molecule has 0 saturated heterocycles. The van der Waals surface area contributed by atoms with Gasteiger partial charge >= 0.3 is 0 Å². The predicted octanol–water partition coefficient (Wildman–Crippen LogP) is 1.01. The van der Waals surface area contributed by atoms with Gasteiger partial charge in [-0.1, -0.05) is 0 Å². The van der Waals surface area contributed by atoms with E-state index in [2.05, 4.69) is 0 Å². The van der Waals surface area contributed by atoms with Crippen molar-refractivity contribution in [3.05, 3.63) is 0 Å². The van der Waals surface area contributed by atoms with Crippen LogP contribution in [0.4, 0.5) is 0 Å². The smallest absolute Gasteiger partial charge is 0.225 e. The molecule has 0 aromatic heterocycles. The Hall–Kier alpha value is -0.280. The van der Waals surface area contributed by atoms with Gasteiger partial charge in [-0.25, -0.2) is 0 Å². The first-order valence-corrected chi connectivity index (χ1v) is 4.58. The first-order chi connectivity index (χ1) is 5.61. The Kier molecular flexibility index (Phi) is 5.33. The molecule has 13 heavy (non-hydrogen) atoms. The van der Waals surface area contributed by atoms with Crippen molar-refractivity contribution in [2.24, 2.45) is 11.7 Å². The van der Waals surface area contributed by atoms with Crippen molar-refractivity contribution in [1.82, 2.24) is 4.90 Å². The second-order valence-corrected chi connectivity index (χ2v) is 3.84. The third kappa shape index (κ3) is 3.53. The normalized spacial score (nSPS) is 27.6. The maximum atomic E-state index is 11.5. The van der Waals surface area contributed by atoms with Crippen molar-refractivity contribution in [1.29, 1.82) is 0 Å². The zero-order valence-electron chi connectivity index (χ0n) is 8.32. The Bertz CT molecular complexity index is 165. The topological polar surface area (TPSA) is 46.3 Å². The van der Waals surface area contributed by atoms with Crippen LogP contribution in [-0.4, -0.2) is 30.9 Å². The van der Waals surface area contributed by atoms with Crippen molar-refractivity contribution in [2.75, 3.05) is 14.1 Å². The van der Waals surface area contributed by atoms with Gasteiger partial charge in [0.25, 0.3) is 0 Å². The molecule has 0 atom stereocenters. The number of carbonyl (C=O) groups excluding carboxylic acids is 1. The molecule has 1 amide bonds. The number of hydrogen-bond donors (Lipinski definition) is 1. The molecule has 2 N–H and O–H groups in total. The van der Waals surface area contributed by atoms with E-state index in [4.69, 9.17) is 5.73 Å². The molecule has 0 bridgehead atoms. The average Bonchev–Trinajstić information content (AvgIpc) is 2.04. The van der Waals surface area contributed by atoms with Crippen LogP contribution in [0.25, 0.3) is 0 Å². The third-order valence-corrected chi connectivity index (χ3v) is 2.56. The Balaban J connectivity index is 0.00000144. The number of halogens is 1. The van der Waals surface area contributed by atoms with E-state index in [0.717, 1.165) is 25.7 Å². The lowest BCUT2D eigenvalue weighted by Crippen LogP contribution is -2.35. The highest BCUT2D eigenvalue weighted by molar-refractivity contribution is 5.85. The largest absolute Gasteiger partial charge is 0.349 e. The summed E-state index contributed by atoms with van der Waals surface area (Å²) < 4.78 is 0. The highest BCUT2D eigenvalue weighted by atomic mass is 35.5. The van der Waals surface area contributed by atoms with Crippen LogP contribution in [-0.2, 0) is 4.79 Å². The fourth-order valence-corrected chi connectivity index (χ4v) is 1.73. The fraction of sp³-hybridized carbons (Fsp3) is 0.889. The van der Waals surface area contributed by atoms with E-state index in [1.807, 2.05) is 14.1 Å². The number of amides is 1. The molecule has 1 fully saturated rings. The lowest BCUT2D eigenvalue weighted by atomic mass is 9.86. The minimum absolute atomic E-state index is 0. The molecule has 0 aliphatic heterocycles. The Morgan fingerprint density at radius 3 is 2.08 bits per heavy atom. The molecule has 0 aromatic carbocycles. The summed E-state index contributed by atoms with van der Waals surface area (Å²) in [6.07, 6.45) is 3.95. The van der Waals surface area contributed by atoms with E-state index in [0.29, 0.717) is 6.04 Å². The number of carbonyl (C=O) groups is 1. The summed E-state index contributed by atoms with van der Waals surface area (Å²) in [5, 5.41) is 0. The molecule has 0 unspecified atom stereocenters. The maximum Gasteiger partial charge on any atom is 0.225 e. The third-order valence-electron chi connectivity index (χ3n) is 2.56. The average molecular weight is 207 g/mol. The SMILES string of the molecule is CN(C)C(=O)[C@H]1CC[C@H](N)CC1.Cl.